The van der Waals surface area contributed by atoms with E-state index in [9.17, 15) is 5.11 Å². The minimum Gasteiger partial charge on any atom is -0.384 e. The van der Waals surface area contributed by atoms with Crippen LogP contribution in [0.3, 0.4) is 0 Å². The Bertz CT molecular complexity index is 327. The maximum absolute atomic E-state index is 9.77. The van der Waals surface area contributed by atoms with Gasteiger partial charge in [0.25, 0.3) is 0 Å². The van der Waals surface area contributed by atoms with Crippen molar-refractivity contribution in [2.24, 2.45) is 11.7 Å². The van der Waals surface area contributed by atoms with Gasteiger partial charge in [0, 0.05) is 0 Å². The van der Waals surface area contributed by atoms with Gasteiger partial charge in [0.1, 0.15) is 6.10 Å². The summed E-state index contributed by atoms with van der Waals surface area (Å²) in [5, 5.41) is 9.77. The van der Waals surface area contributed by atoms with Crippen molar-refractivity contribution in [2.45, 2.75) is 18.9 Å². The molecule has 1 unspecified atom stereocenters. The molecule has 0 aromatic carbocycles. The van der Waals surface area contributed by atoms with E-state index < -0.39 is 6.10 Å². The normalized spacial score (nSPS) is 18.9. The number of aliphatic hydroxyl groups excluding tert-OH is 1. The van der Waals surface area contributed by atoms with Crippen LogP contribution in [0.2, 0.25) is 0 Å². The molecule has 0 heterocycles. The van der Waals surface area contributed by atoms with Gasteiger partial charge in [-0.3, -0.25) is 11.7 Å². The molecule has 5 N–H and O–H groups in total. The van der Waals surface area contributed by atoms with E-state index in [1.54, 1.807) is 6.08 Å². The fraction of sp³-hybridized carbons (Fsp3) is 0.231. The second kappa shape index (κ2) is 7.82. The topological polar surface area (TPSA) is 72.3 Å². The van der Waals surface area contributed by atoms with Crippen molar-refractivity contribution in [1.29, 1.82) is 0 Å². The molecule has 0 amide bonds. The molecule has 3 heteroatoms. The number of nitrogens with two attached hydrogens (primary N) is 2. The number of rotatable bonds is 4. The van der Waals surface area contributed by atoms with E-state index in [0.29, 0.717) is 6.42 Å². The summed E-state index contributed by atoms with van der Waals surface area (Å²) in [6, 6.07) is 0. The zero-order valence-corrected chi connectivity index (χ0v) is 9.52. The first kappa shape index (κ1) is 14.6. The number of allylic oxidation sites excluding steroid dienone is 4. The largest absolute Gasteiger partial charge is 0.384 e. The van der Waals surface area contributed by atoms with Gasteiger partial charge in [0.2, 0.25) is 0 Å². The lowest BCUT2D eigenvalue weighted by atomic mass is 9.90. The lowest BCUT2D eigenvalue weighted by molar-refractivity contribution is 0.247. The molecule has 0 saturated carbocycles. The van der Waals surface area contributed by atoms with E-state index in [1.807, 2.05) is 18.2 Å². The number of hydrogen-bond donors (Lipinski definition) is 3. The highest BCUT2D eigenvalue weighted by Crippen LogP contribution is 2.25. The van der Waals surface area contributed by atoms with Gasteiger partial charge in [0.15, 0.2) is 0 Å². The average molecular weight is 220 g/mol. The molecule has 16 heavy (non-hydrogen) atoms. The van der Waals surface area contributed by atoms with Crippen molar-refractivity contribution >= 4 is 0 Å². The third-order valence-corrected chi connectivity index (χ3v) is 2.20. The zero-order chi connectivity index (χ0) is 12.6. The molecule has 1 atom stereocenters. The first-order valence-corrected chi connectivity index (χ1v) is 5.02. The van der Waals surface area contributed by atoms with E-state index in [-0.39, 0.29) is 0 Å². The van der Waals surface area contributed by atoms with E-state index in [0.717, 1.165) is 23.1 Å². The molecule has 0 aromatic heterocycles. The summed E-state index contributed by atoms with van der Waals surface area (Å²) >= 11 is 0. The van der Waals surface area contributed by atoms with Crippen LogP contribution in [0.15, 0.2) is 60.8 Å². The maximum atomic E-state index is 9.77. The predicted octanol–water partition coefficient (Wildman–Crippen LogP) is 1.74. The SMILES string of the molecule is C=CCC1=CC(=C)C(O)C(CC=C)=C1.NN. The predicted molar refractivity (Wildman–Crippen MR) is 69.3 cm³/mol. The zero-order valence-electron chi connectivity index (χ0n) is 9.52. The second-order valence-electron chi connectivity index (χ2n) is 3.40. The van der Waals surface area contributed by atoms with Crippen LogP contribution in [0.5, 0.6) is 0 Å². The van der Waals surface area contributed by atoms with Crippen LogP contribution >= 0.6 is 0 Å². The molecule has 0 radical (unpaired) electrons. The summed E-state index contributed by atoms with van der Waals surface area (Å²) in [4.78, 5) is 0. The molecule has 1 aliphatic carbocycles. The fourth-order valence-corrected chi connectivity index (χ4v) is 1.54. The Labute approximate surface area is 97.1 Å². The van der Waals surface area contributed by atoms with E-state index in [1.165, 1.54) is 0 Å². The van der Waals surface area contributed by atoms with Gasteiger partial charge in [-0.05, 0) is 29.6 Å². The monoisotopic (exact) mass is 220 g/mol. The Hall–Kier alpha value is -1.42. The molecule has 0 saturated heterocycles. The van der Waals surface area contributed by atoms with Gasteiger partial charge in [-0.15, -0.1) is 13.2 Å². The Morgan fingerprint density at radius 1 is 1.19 bits per heavy atom. The molecule has 0 spiro atoms. The van der Waals surface area contributed by atoms with Gasteiger partial charge in [-0.1, -0.05) is 30.9 Å². The van der Waals surface area contributed by atoms with Gasteiger partial charge in [-0.2, -0.15) is 0 Å². The maximum Gasteiger partial charge on any atom is 0.100 e. The van der Waals surface area contributed by atoms with Crippen molar-refractivity contribution in [3.05, 3.63) is 60.8 Å². The summed E-state index contributed by atoms with van der Waals surface area (Å²) in [7, 11) is 0. The van der Waals surface area contributed by atoms with Crippen LogP contribution in [-0.2, 0) is 0 Å². The second-order valence-corrected chi connectivity index (χ2v) is 3.40. The number of hydrazine groups is 1. The molecule has 1 aliphatic rings. The van der Waals surface area contributed by atoms with Gasteiger partial charge in [0.05, 0.1) is 0 Å². The third kappa shape index (κ3) is 3.98. The van der Waals surface area contributed by atoms with Crippen molar-refractivity contribution in [3.8, 4) is 0 Å². The highest BCUT2D eigenvalue weighted by atomic mass is 16.3. The summed E-state index contributed by atoms with van der Waals surface area (Å²) in [5.74, 6) is 8.00. The van der Waals surface area contributed by atoms with Crippen LogP contribution < -0.4 is 11.7 Å². The minimum absolute atomic E-state index is 0.540. The first-order valence-electron chi connectivity index (χ1n) is 5.02. The van der Waals surface area contributed by atoms with Crippen LogP contribution in [0.4, 0.5) is 0 Å². The number of hydrogen-bond acceptors (Lipinski definition) is 3. The average Bonchev–Trinajstić information content (AvgIpc) is 2.29. The van der Waals surface area contributed by atoms with Gasteiger partial charge < -0.3 is 5.11 Å². The summed E-state index contributed by atoms with van der Waals surface area (Å²) in [6.07, 6.45) is 8.53. The standard InChI is InChI=1S/C13H16O.H4N2/c1-4-6-11-8-10(3)13(14)12(9-11)7-5-2;1-2/h4-5,8-9,13-14H,1-3,6-7H2;1-2H2. The Balaban J connectivity index is 0.00000106. The molecular weight excluding hydrogens is 200 g/mol. The van der Waals surface area contributed by atoms with Crippen LogP contribution in [-0.4, -0.2) is 11.2 Å². The van der Waals surface area contributed by atoms with Gasteiger partial charge in [-0.25, -0.2) is 0 Å². The van der Waals surface area contributed by atoms with Crippen molar-refractivity contribution in [2.75, 3.05) is 0 Å². The summed E-state index contributed by atoms with van der Waals surface area (Å²) in [5.41, 5.74) is 2.86. The van der Waals surface area contributed by atoms with E-state index in [4.69, 9.17) is 0 Å². The highest BCUT2D eigenvalue weighted by Gasteiger charge is 2.16. The molecule has 0 aliphatic heterocycles. The molecule has 88 valence electrons. The lowest BCUT2D eigenvalue weighted by Crippen LogP contribution is -2.15. The Morgan fingerprint density at radius 3 is 2.25 bits per heavy atom. The van der Waals surface area contributed by atoms with Crippen LogP contribution in [0, 0.1) is 0 Å². The molecule has 0 fully saturated rings. The van der Waals surface area contributed by atoms with Crippen molar-refractivity contribution in [1.82, 2.24) is 0 Å². The molecular formula is C13H20N2O. The van der Waals surface area contributed by atoms with Crippen LogP contribution in [0.25, 0.3) is 0 Å². The Kier molecular flexibility index (Phi) is 7.12. The highest BCUT2D eigenvalue weighted by molar-refractivity contribution is 5.44. The summed E-state index contributed by atoms with van der Waals surface area (Å²) in [6.45, 7) is 11.2. The van der Waals surface area contributed by atoms with Crippen molar-refractivity contribution < 1.29 is 5.11 Å². The molecule has 1 rings (SSSR count). The molecule has 0 bridgehead atoms. The molecule has 0 aromatic rings. The lowest BCUT2D eigenvalue weighted by Gasteiger charge is -2.20. The van der Waals surface area contributed by atoms with E-state index in [2.05, 4.69) is 31.4 Å². The number of aliphatic hydroxyl groups is 1. The quantitative estimate of drug-likeness (QED) is 0.384. The summed E-state index contributed by atoms with van der Waals surface area (Å²) < 4.78 is 0. The van der Waals surface area contributed by atoms with Crippen LogP contribution in [0.1, 0.15) is 12.8 Å². The smallest absolute Gasteiger partial charge is 0.100 e. The van der Waals surface area contributed by atoms with Crippen molar-refractivity contribution in [3.63, 3.8) is 0 Å². The molecule has 3 nitrogen and oxygen atoms in total. The third-order valence-electron chi connectivity index (χ3n) is 2.20. The Morgan fingerprint density at radius 2 is 1.75 bits per heavy atom. The van der Waals surface area contributed by atoms with Gasteiger partial charge >= 0.3 is 0 Å². The fourth-order valence-electron chi connectivity index (χ4n) is 1.54. The van der Waals surface area contributed by atoms with E-state index >= 15 is 0 Å². The minimum atomic E-state index is -0.540. The first-order chi connectivity index (χ1) is 7.69.